The summed E-state index contributed by atoms with van der Waals surface area (Å²) in [6.45, 7) is -0.178. The lowest BCUT2D eigenvalue weighted by atomic mass is 10.3. The molecule has 1 amide bonds. The van der Waals surface area contributed by atoms with Gasteiger partial charge in [-0.05, 0) is 12.5 Å². The van der Waals surface area contributed by atoms with Crippen LogP contribution in [0.25, 0.3) is 0 Å². The van der Waals surface area contributed by atoms with E-state index in [1.807, 2.05) is 0 Å². The number of carbonyl (C=O) groups excluding carboxylic acids is 3. The Bertz CT molecular complexity index is 795. The van der Waals surface area contributed by atoms with Gasteiger partial charge in [0.2, 0.25) is 5.91 Å². The average molecular weight is 410 g/mol. The summed E-state index contributed by atoms with van der Waals surface area (Å²) in [4.78, 5) is 46.6. The van der Waals surface area contributed by atoms with E-state index in [1.54, 1.807) is 6.07 Å². The molecule has 1 aliphatic rings. The molecule has 28 heavy (non-hydrogen) atoms. The molecule has 1 aliphatic heterocycles. The predicted molar refractivity (Wildman–Crippen MR) is 98.4 cm³/mol. The number of para-hydroxylation sites is 2. The van der Waals surface area contributed by atoms with Crippen molar-refractivity contribution in [2.24, 2.45) is 0 Å². The van der Waals surface area contributed by atoms with Gasteiger partial charge in [-0.3, -0.25) is 14.9 Å². The molecule has 0 aromatic heterocycles. The second-order valence-electron chi connectivity index (χ2n) is 5.43. The third-order valence-electron chi connectivity index (χ3n) is 3.55. The highest BCUT2D eigenvalue weighted by atomic mass is 32.2. The Morgan fingerprint density at radius 1 is 1.36 bits per heavy atom. The van der Waals surface area contributed by atoms with Crippen molar-refractivity contribution in [1.29, 1.82) is 0 Å². The molecule has 2 rings (SSSR count). The highest BCUT2D eigenvalue weighted by molar-refractivity contribution is 8.04. The number of nitro benzene ring substituents is 1. The van der Waals surface area contributed by atoms with Gasteiger partial charge in [-0.1, -0.05) is 23.9 Å². The fraction of sp³-hybridized carbons (Fsp3) is 0.353. The molecular weight excluding hydrogens is 392 g/mol. The molecule has 0 radical (unpaired) electrons. The van der Waals surface area contributed by atoms with Crippen LogP contribution >= 0.6 is 11.8 Å². The monoisotopic (exact) mass is 410 g/mol. The molecule has 1 aromatic rings. The number of thioether (sulfide) groups is 1. The number of carbonyl (C=O) groups is 3. The molecule has 0 spiro atoms. The van der Waals surface area contributed by atoms with E-state index in [4.69, 9.17) is 9.47 Å². The summed E-state index contributed by atoms with van der Waals surface area (Å²) in [5.74, 6) is -1.19. The summed E-state index contributed by atoms with van der Waals surface area (Å²) in [7, 11) is 1.25. The summed E-state index contributed by atoms with van der Waals surface area (Å²) in [5.41, 5.74) is -0.245. The summed E-state index contributed by atoms with van der Waals surface area (Å²) < 4.78 is 14.7. The molecule has 0 saturated carbocycles. The van der Waals surface area contributed by atoms with Gasteiger partial charge in [0.1, 0.15) is 0 Å². The summed E-state index contributed by atoms with van der Waals surface area (Å²) in [6, 6.07) is 5.70. The number of rotatable bonds is 9. The van der Waals surface area contributed by atoms with Crippen LogP contribution in [0.5, 0.6) is 5.75 Å². The van der Waals surface area contributed by atoms with Crippen molar-refractivity contribution in [2.75, 3.05) is 32.6 Å². The highest BCUT2D eigenvalue weighted by Gasteiger charge is 2.27. The van der Waals surface area contributed by atoms with Crippen molar-refractivity contribution in [3.05, 3.63) is 45.5 Å². The number of benzene rings is 1. The number of nitrogens with zero attached hydrogens (tertiary/aromatic N) is 2. The maximum atomic E-state index is 11.9. The third-order valence-corrected chi connectivity index (χ3v) is 4.57. The quantitative estimate of drug-likeness (QED) is 0.196. The van der Waals surface area contributed by atoms with Crippen LogP contribution in [0.2, 0.25) is 0 Å². The van der Waals surface area contributed by atoms with Gasteiger partial charge in [-0.15, -0.1) is 0 Å². The first-order valence-electron chi connectivity index (χ1n) is 8.17. The van der Waals surface area contributed by atoms with E-state index in [2.05, 4.69) is 4.74 Å². The molecule has 10 nitrogen and oxygen atoms in total. The van der Waals surface area contributed by atoms with Crippen LogP contribution in [-0.2, 0) is 23.9 Å². The van der Waals surface area contributed by atoms with Crippen LogP contribution in [0, 0.1) is 10.1 Å². The van der Waals surface area contributed by atoms with Crippen molar-refractivity contribution in [1.82, 2.24) is 4.90 Å². The Balaban J connectivity index is 1.75. The second kappa shape index (κ2) is 10.3. The van der Waals surface area contributed by atoms with E-state index >= 15 is 0 Å². The molecule has 1 saturated heterocycles. The SMILES string of the molecule is COC(=O)/C=C1/SCC(=O)N1CCCOC(=O)COc1ccccc1[N+](=O)[O-]. The molecule has 1 fully saturated rings. The van der Waals surface area contributed by atoms with Gasteiger partial charge >= 0.3 is 17.6 Å². The molecule has 150 valence electrons. The normalized spacial score (nSPS) is 14.8. The molecule has 1 heterocycles. The van der Waals surface area contributed by atoms with Gasteiger partial charge in [0.25, 0.3) is 0 Å². The fourth-order valence-corrected chi connectivity index (χ4v) is 3.20. The lowest BCUT2D eigenvalue weighted by Crippen LogP contribution is -2.27. The van der Waals surface area contributed by atoms with Crippen LogP contribution in [0.1, 0.15) is 6.42 Å². The van der Waals surface area contributed by atoms with Crippen LogP contribution in [-0.4, -0.2) is 60.3 Å². The first-order chi connectivity index (χ1) is 13.4. The summed E-state index contributed by atoms with van der Waals surface area (Å²) >= 11 is 1.23. The average Bonchev–Trinajstić information content (AvgIpc) is 3.03. The zero-order valence-electron chi connectivity index (χ0n) is 15.0. The van der Waals surface area contributed by atoms with Crippen molar-refractivity contribution < 1.29 is 33.5 Å². The van der Waals surface area contributed by atoms with Gasteiger partial charge in [-0.25, -0.2) is 9.59 Å². The number of esters is 2. The molecule has 1 aromatic carbocycles. The van der Waals surface area contributed by atoms with Crippen molar-refractivity contribution in [3.63, 3.8) is 0 Å². The molecule has 0 unspecified atom stereocenters. The van der Waals surface area contributed by atoms with Crippen LogP contribution in [0.15, 0.2) is 35.4 Å². The van der Waals surface area contributed by atoms with Gasteiger partial charge in [0.15, 0.2) is 12.4 Å². The highest BCUT2D eigenvalue weighted by Crippen LogP contribution is 2.29. The number of ether oxygens (including phenoxy) is 3. The largest absolute Gasteiger partial charge is 0.475 e. The Kier molecular flexibility index (Phi) is 7.81. The van der Waals surface area contributed by atoms with E-state index < -0.39 is 23.5 Å². The minimum Gasteiger partial charge on any atom is -0.475 e. The molecule has 0 bridgehead atoms. The van der Waals surface area contributed by atoms with E-state index in [-0.39, 0.29) is 36.2 Å². The van der Waals surface area contributed by atoms with Gasteiger partial charge in [-0.2, -0.15) is 0 Å². The zero-order chi connectivity index (χ0) is 20.5. The van der Waals surface area contributed by atoms with Crippen molar-refractivity contribution >= 4 is 35.3 Å². The maximum absolute atomic E-state index is 11.9. The minimum atomic E-state index is -0.689. The number of hydrogen-bond acceptors (Lipinski definition) is 9. The molecule has 11 heteroatoms. The number of hydrogen-bond donors (Lipinski definition) is 0. The van der Waals surface area contributed by atoms with Gasteiger partial charge in [0, 0.05) is 12.6 Å². The van der Waals surface area contributed by atoms with E-state index in [0.29, 0.717) is 11.4 Å². The Labute approximate surface area is 164 Å². The number of amides is 1. The predicted octanol–water partition coefficient (Wildman–Crippen LogP) is 1.50. The zero-order valence-corrected chi connectivity index (χ0v) is 15.8. The fourth-order valence-electron chi connectivity index (χ4n) is 2.25. The Morgan fingerprint density at radius 2 is 2.11 bits per heavy atom. The van der Waals surface area contributed by atoms with Crippen molar-refractivity contribution in [2.45, 2.75) is 6.42 Å². The first kappa shape index (κ1) is 21.2. The number of nitro groups is 1. The summed E-state index contributed by atoms with van der Waals surface area (Å²) in [5, 5.41) is 11.4. The lowest BCUT2D eigenvalue weighted by molar-refractivity contribution is -0.385. The third kappa shape index (κ3) is 5.98. The van der Waals surface area contributed by atoms with Gasteiger partial charge in [0.05, 0.1) is 35.5 Å². The topological polar surface area (TPSA) is 125 Å². The van der Waals surface area contributed by atoms with E-state index in [1.165, 1.54) is 48.0 Å². The van der Waals surface area contributed by atoms with Crippen molar-refractivity contribution in [3.8, 4) is 5.75 Å². The lowest BCUT2D eigenvalue weighted by Gasteiger charge is -2.16. The van der Waals surface area contributed by atoms with E-state index in [9.17, 15) is 24.5 Å². The Morgan fingerprint density at radius 3 is 2.82 bits per heavy atom. The van der Waals surface area contributed by atoms with E-state index in [0.717, 1.165) is 0 Å². The van der Waals surface area contributed by atoms with Crippen LogP contribution < -0.4 is 4.74 Å². The van der Waals surface area contributed by atoms with Gasteiger partial charge < -0.3 is 19.1 Å². The molecule has 0 N–H and O–H groups in total. The molecule has 0 aliphatic carbocycles. The smallest absolute Gasteiger partial charge is 0.344 e. The second-order valence-corrected chi connectivity index (χ2v) is 6.42. The summed E-state index contributed by atoms with van der Waals surface area (Å²) in [6.07, 6.45) is 1.59. The first-order valence-corrected chi connectivity index (χ1v) is 9.15. The van der Waals surface area contributed by atoms with Crippen LogP contribution in [0.3, 0.4) is 0 Å². The molecule has 0 atom stereocenters. The van der Waals surface area contributed by atoms with Crippen LogP contribution in [0.4, 0.5) is 5.69 Å². The molecular formula is C17H18N2O8S. The maximum Gasteiger partial charge on any atom is 0.344 e. The Hall–Kier alpha value is -3.08. The standard InChI is InChI=1S/C17H18N2O8S/c1-25-16(21)9-15-18(14(20)11-28-15)7-4-8-26-17(22)10-27-13-6-3-2-5-12(13)19(23)24/h2-3,5-6,9H,4,7-8,10-11H2,1H3/b15-9+. The minimum absolute atomic E-state index is 0.0262. The number of methoxy groups -OCH3 is 1.